The molecule has 0 bridgehead atoms. The molecule has 2 aliphatic rings. The number of furan rings is 2. The van der Waals surface area contributed by atoms with Crippen LogP contribution < -0.4 is 9.80 Å². The van der Waals surface area contributed by atoms with Crippen LogP contribution in [0.2, 0.25) is 0 Å². The molecule has 70 heavy (non-hydrogen) atoms. The number of fused-ring (bicyclic) bond motifs is 14. The molecule has 0 spiro atoms. The van der Waals surface area contributed by atoms with Crippen LogP contribution in [0.1, 0.15) is 43.9 Å². The lowest BCUT2D eigenvalue weighted by Gasteiger charge is -2.33. The minimum Gasteiger partial charge on any atom is -0.455 e. The molecule has 1 atom stereocenters. The summed E-state index contributed by atoms with van der Waals surface area (Å²) >= 11 is 0. The molecule has 334 valence electrons. The molecule has 0 radical (unpaired) electrons. The molecular formula is C66H48N2O2. The average Bonchev–Trinajstić information content (AvgIpc) is 4.06. The van der Waals surface area contributed by atoms with Gasteiger partial charge in [0.05, 0.1) is 5.69 Å². The van der Waals surface area contributed by atoms with Crippen LogP contribution in [-0.4, -0.2) is 0 Å². The van der Waals surface area contributed by atoms with Crippen LogP contribution in [0.15, 0.2) is 239 Å². The number of nitrogens with zero attached hydrogens (tertiary/aromatic N) is 2. The topological polar surface area (TPSA) is 32.8 Å². The minimum atomic E-state index is -0.249. The molecule has 12 aromatic rings. The van der Waals surface area contributed by atoms with Gasteiger partial charge >= 0.3 is 0 Å². The van der Waals surface area contributed by atoms with Crippen molar-refractivity contribution in [3.05, 3.63) is 247 Å². The molecule has 0 amide bonds. The van der Waals surface area contributed by atoms with Gasteiger partial charge in [-0.2, -0.15) is 0 Å². The standard InChI is InChI=1S/C66H48N2O2/c1-65(2)57-26-14-12-22-49(57)50-33-30-46(40-58(50)65)67(43-17-6-4-7-18-43)47-31-34-55-61(41-47)70-64-54-32-29-42(39-56(54)48-21-10-11-24-52(48)62(55)64)66(3)37-35-45(36-38-66)68(44-19-8-5-9-20-44)59-27-16-25-53-51-23-13-15-28-60(51)69-63(53)59/h4-37,39-41H,38H2,1-3H3. The second-order valence-electron chi connectivity index (χ2n) is 19.9. The lowest BCUT2D eigenvalue weighted by Crippen LogP contribution is -2.24. The molecule has 2 aliphatic carbocycles. The van der Waals surface area contributed by atoms with Gasteiger partial charge in [0.2, 0.25) is 0 Å². The van der Waals surface area contributed by atoms with E-state index in [-0.39, 0.29) is 10.8 Å². The first-order chi connectivity index (χ1) is 34.3. The van der Waals surface area contributed by atoms with E-state index in [1.54, 1.807) is 0 Å². The van der Waals surface area contributed by atoms with Crippen LogP contribution >= 0.6 is 0 Å². The summed E-state index contributed by atoms with van der Waals surface area (Å²) in [7, 11) is 0. The molecule has 10 aromatic carbocycles. The highest BCUT2D eigenvalue weighted by Crippen LogP contribution is 2.52. The van der Waals surface area contributed by atoms with Gasteiger partial charge in [-0.1, -0.05) is 166 Å². The molecule has 2 heterocycles. The molecule has 4 nitrogen and oxygen atoms in total. The maximum Gasteiger partial charge on any atom is 0.159 e. The van der Waals surface area contributed by atoms with Gasteiger partial charge in [0.25, 0.3) is 0 Å². The summed E-state index contributed by atoms with van der Waals surface area (Å²) in [5.41, 5.74) is 16.3. The van der Waals surface area contributed by atoms with E-state index in [2.05, 4.69) is 249 Å². The first kappa shape index (κ1) is 40.5. The Morgan fingerprint density at radius 3 is 1.84 bits per heavy atom. The van der Waals surface area contributed by atoms with Gasteiger partial charge in [0, 0.05) is 72.3 Å². The number of benzene rings is 10. The van der Waals surface area contributed by atoms with Gasteiger partial charge in [-0.05, 0) is 123 Å². The van der Waals surface area contributed by atoms with E-state index < -0.39 is 0 Å². The first-order valence-electron chi connectivity index (χ1n) is 24.4. The molecule has 0 N–H and O–H groups in total. The Kier molecular flexibility index (Phi) is 8.79. The summed E-state index contributed by atoms with van der Waals surface area (Å²) < 4.78 is 13.7. The number of hydrogen-bond donors (Lipinski definition) is 0. The molecule has 4 heteroatoms. The SMILES string of the molecule is CC1(c2ccc3c(c2)c2ccccc2c2c4ccc(N(c5ccccc5)c5ccc6c(c5)C(C)(C)c5ccccc5-6)cc4oc32)C=CC(N(c2ccccc2)c2cccc3c2oc2ccccc23)=CC1. The van der Waals surface area contributed by atoms with Gasteiger partial charge in [0.15, 0.2) is 5.58 Å². The number of allylic oxidation sites excluding steroid dienone is 3. The highest BCUT2D eigenvalue weighted by molar-refractivity contribution is 6.30. The first-order valence-corrected chi connectivity index (χ1v) is 24.4. The zero-order valence-electron chi connectivity index (χ0n) is 39.3. The maximum atomic E-state index is 7.11. The fourth-order valence-electron chi connectivity index (χ4n) is 11.8. The number of para-hydroxylation sites is 4. The Labute approximate surface area is 406 Å². The summed E-state index contributed by atoms with van der Waals surface area (Å²) in [6.45, 7) is 7.04. The highest BCUT2D eigenvalue weighted by atomic mass is 16.3. The fourth-order valence-corrected chi connectivity index (χ4v) is 11.8. The predicted molar refractivity (Wildman–Crippen MR) is 292 cm³/mol. The van der Waals surface area contributed by atoms with Gasteiger partial charge in [-0.15, -0.1) is 0 Å². The smallest absolute Gasteiger partial charge is 0.159 e. The Morgan fingerprint density at radius 1 is 0.414 bits per heavy atom. The van der Waals surface area contributed by atoms with Crippen molar-refractivity contribution in [1.29, 1.82) is 0 Å². The van der Waals surface area contributed by atoms with Gasteiger partial charge in [-0.3, -0.25) is 0 Å². The monoisotopic (exact) mass is 900 g/mol. The van der Waals surface area contributed by atoms with Crippen LogP contribution in [0.3, 0.4) is 0 Å². The van der Waals surface area contributed by atoms with Crippen molar-refractivity contribution in [2.75, 3.05) is 9.80 Å². The van der Waals surface area contributed by atoms with E-state index in [9.17, 15) is 0 Å². The van der Waals surface area contributed by atoms with Crippen molar-refractivity contribution in [1.82, 2.24) is 0 Å². The molecule has 14 rings (SSSR count). The van der Waals surface area contributed by atoms with Crippen LogP contribution in [0.5, 0.6) is 0 Å². The van der Waals surface area contributed by atoms with Gasteiger partial charge < -0.3 is 18.6 Å². The van der Waals surface area contributed by atoms with Crippen LogP contribution in [-0.2, 0) is 10.8 Å². The second kappa shape index (κ2) is 15.2. The van der Waals surface area contributed by atoms with Crippen LogP contribution in [0.4, 0.5) is 28.4 Å². The average molecular weight is 901 g/mol. The predicted octanol–water partition coefficient (Wildman–Crippen LogP) is 18.5. The molecule has 1 unspecified atom stereocenters. The zero-order valence-corrected chi connectivity index (χ0v) is 39.3. The lowest BCUT2D eigenvalue weighted by molar-refractivity contribution is 0.596. The van der Waals surface area contributed by atoms with E-state index in [0.717, 1.165) is 89.8 Å². The largest absolute Gasteiger partial charge is 0.455 e. The normalized spacial score (nSPS) is 16.1. The number of anilines is 5. The van der Waals surface area contributed by atoms with Crippen molar-refractivity contribution in [3.63, 3.8) is 0 Å². The third-order valence-corrected chi connectivity index (χ3v) is 15.4. The Balaban J connectivity index is 0.860. The van der Waals surface area contributed by atoms with E-state index in [1.165, 1.54) is 44.0 Å². The second-order valence-corrected chi connectivity index (χ2v) is 19.9. The Bertz CT molecular complexity index is 4160. The third-order valence-electron chi connectivity index (χ3n) is 15.4. The summed E-state index contributed by atoms with van der Waals surface area (Å²) in [6.07, 6.45) is 7.89. The van der Waals surface area contributed by atoms with Gasteiger partial charge in [0.1, 0.15) is 16.7 Å². The lowest BCUT2D eigenvalue weighted by atomic mass is 9.76. The maximum absolute atomic E-state index is 7.11. The van der Waals surface area contributed by atoms with E-state index >= 15 is 0 Å². The van der Waals surface area contributed by atoms with E-state index in [4.69, 9.17) is 8.83 Å². The third kappa shape index (κ3) is 6.02. The van der Waals surface area contributed by atoms with Crippen molar-refractivity contribution in [2.24, 2.45) is 0 Å². The summed E-state index contributed by atoms with van der Waals surface area (Å²) in [6, 6.07) is 74.5. The summed E-state index contributed by atoms with van der Waals surface area (Å²) in [5.74, 6) is 0. The van der Waals surface area contributed by atoms with Crippen molar-refractivity contribution < 1.29 is 8.83 Å². The summed E-state index contributed by atoms with van der Waals surface area (Å²) in [5, 5.41) is 9.22. The zero-order chi connectivity index (χ0) is 46.7. The Morgan fingerprint density at radius 2 is 1.04 bits per heavy atom. The molecular weight excluding hydrogens is 853 g/mol. The molecule has 2 aromatic heterocycles. The Hall–Kier alpha value is -8.60. The highest BCUT2D eigenvalue weighted by Gasteiger charge is 2.36. The number of hydrogen-bond acceptors (Lipinski definition) is 4. The molecule has 0 fully saturated rings. The van der Waals surface area contributed by atoms with E-state index in [1.807, 2.05) is 6.07 Å². The van der Waals surface area contributed by atoms with Crippen LogP contribution in [0, 0.1) is 0 Å². The fraction of sp³-hybridized carbons (Fsp3) is 0.0909. The van der Waals surface area contributed by atoms with Crippen molar-refractivity contribution in [3.8, 4) is 11.1 Å². The number of rotatable bonds is 7. The van der Waals surface area contributed by atoms with Crippen molar-refractivity contribution >= 4 is 93.9 Å². The quantitative estimate of drug-likeness (QED) is 0.149. The minimum absolute atomic E-state index is 0.116. The summed E-state index contributed by atoms with van der Waals surface area (Å²) in [4.78, 5) is 4.70. The molecule has 0 saturated carbocycles. The molecule has 0 aliphatic heterocycles. The van der Waals surface area contributed by atoms with Crippen LogP contribution in [0.25, 0.3) is 76.5 Å². The van der Waals surface area contributed by atoms with Crippen molar-refractivity contribution in [2.45, 2.75) is 38.0 Å². The van der Waals surface area contributed by atoms with E-state index in [0.29, 0.717) is 0 Å². The van der Waals surface area contributed by atoms with Gasteiger partial charge in [-0.25, -0.2) is 0 Å². The molecule has 0 saturated heterocycles.